The minimum atomic E-state index is -0.524. The third-order valence-corrected chi connectivity index (χ3v) is 3.86. The molecule has 1 atom stereocenters. The first-order chi connectivity index (χ1) is 9.17. The quantitative estimate of drug-likeness (QED) is 0.883. The first-order valence-corrected chi connectivity index (χ1v) is 6.98. The normalized spacial score (nSPS) is 18.8. The minimum Gasteiger partial charge on any atom is -0.496 e. The van der Waals surface area contributed by atoms with Crippen molar-refractivity contribution >= 4 is 0 Å². The molecule has 1 aliphatic rings. The Balaban J connectivity index is 2.10. The van der Waals surface area contributed by atoms with Crippen molar-refractivity contribution in [1.29, 1.82) is 5.26 Å². The summed E-state index contributed by atoms with van der Waals surface area (Å²) in [4.78, 5) is 0. The van der Waals surface area contributed by atoms with E-state index in [1.807, 2.05) is 31.2 Å². The zero-order chi connectivity index (χ0) is 13.7. The van der Waals surface area contributed by atoms with Gasteiger partial charge in [0.2, 0.25) is 0 Å². The molecule has 0 aromatic heterocycles. The Bertz CT molecular complexity index is 460. The Labute approximate surface area is 115 Å². The van der Waals surface area contributed by atoms with Gasteiger partial charge in [-0.15, -0.1) is 0 Å². The average Bonchev–Trinajstić information content (AvgIpc) is 2.92. The molecule has 0 amide bonds. The molecule has 2 rings (SSSR count). The fraction of sp³-hybridized carbons (Fsp3) is 0.562. The van der Waals surface area contributed by atoms with Crippen LogP contribution >= 0.6 is 0 Å². The molecule has 1 saturated carbocycles. The second-order valence-corrected chi connectivity index (χ2v) is 5.56. The maximum absolute atomic E-state index is 9.52. The molecule has 0 spiro atoms. The molecule has 0 heterocycles. The highest BCUT2D eigenvalue weighted by Gasteiger charge is 2.29. The van der Waals surface area contributed by atoms with Crippen LogP contribution < -0.4 is 10.1 Å². The molecule has 3 nitrogen and oxygen atoms in total. The summed E-state index contributed by atoms with van der Waals surface area (Å²) < 4.78 is 5.37. The molecule has 0 saturated heterocycles. The summed E-state index contributed by atoms with van der Waals surface area (Å²) in [5, 5.41) is 13.0. The van der Waals surface area contributed by atoms with E-state index in [1.54, 1.807) is 7.11 Å². The van der Waals surface area contributed by atoms with Crippen LogP contribution in [-0.4, -0.2) is 18.7 Å². The van der Waals surface area contributed by atoms with Gasteiger partial charge in [0.1, 0.15) is 11.3 Å². The molecule has 3 heteroatoms. The molecule has 1 aromatic rings. The number of benzene rings is 1. The Morgan fingerprint density at radius 2 is 2.05 bits per heavy atom. The minimum absolute atomic E-state index is 0.486. The number of methoxy groups -OCH3 is 1. The highest BCUT2D eigenvalue weighted by Crippen LogP contribution is 2.25. The zero-order valence-corrected chi connectivity index (χ0v) is 11.8. The topological polar surface area (TPSA) is 45.0 Å². The molecule has 0 bridgehead atoms. The van der Waals surface area contributed by atoms with Crippen LogP contribution in [0.1, 0.15) is 38.2 Å². The van der Waals surface area contributed by atoms with Crippen molar-refractivity contribution in [2.75, 3.05) is 7.11 Å². The van der Waals surface area contributed by atoms with Gasteiger partial charge >= 0.3 is 0 Å². The highest BCUT2D eigenvalue weighted by molar-refractivity contribution is 5.35. The van der Waals surface area contributed by atoms with E-state index >= 15 is 0 Å². The van der Waals surface area contributed by atoms with Crippen LogP contribution in [0.3, 0.4) is 0 Å². The van der Waals surface area contributed by atoms with Crippen molar-refractivity contribution in [3.63, 3.8) is 0 Å². The summed E-state index contributed by atoms with van der Waals surface area (Å²) in [6, 6.07) is 10.8. The molecular formula is C16H22N2O. The number of rotatable bonds is 5. The van der Waals surface area contributed by atoms with Gasteiger partial charge in [0.05, 0.1) is 13.2 Å². The molecule has 102 valence electrons. The maximum atomic E-state index is 9.52. The molecule has 1 N–H and O–H groups in total. The summed E-state index contributed by atoms with van der Waals surface area (Å²) in [5.41, 5.74) is 0.559. The smallest absolute Gasteiger partial charge is 0.122 e. The van der Waals surface area contributed by atoms with E-state index in [2.05, 4.69) is 11.4 Å². The number of nitrogens with one attached hydrogen (secondary N) is 1. The fourth-order valence-corrected chi connectivity index (χ4v) is 2.87. The van der Waals surface area contributed by atoms with E-state index < -0.39 is 5.54 Å². The third kappa shape index (κ3) is 3.48. The van der Waals surface area contributed by atoms with E-state index in [9.17, 15) is 5.26 Å². The van der Waals surface area contributed by atoms with E-state index in [0.717, 1.165) is 11.3 Å². The SMILES string of the molecule is COc1ccccc1CC(C)(C#N)NC1CCCC1. The van der Waals surface area contributed by atoms with Crippen LogP contribution in [0, 0.1) is 11.3 Å². The van der Waals surface area contributed by atoms with Crippen LogP contribution in [0.4, 0.5) is 0 Å². The number of hydrogen-bond donors (Lipinski definition) is 1. The monoisotopic (exact) mass is 258 g/mol. The Morgan fingerprint density at radius 1 is 1.37 bits per heavy atom. The van der Waals surface area contributed by atoms with Gasteiger partial charge in [0.15, 0.2) is 0 Å². The first kappa shape index (κ1) is 13.9. The van der Waals surface area contributed by atoms with Gasteiger partial charge in [-0.05, 0) is 31.4 Å². The molecule has 0 aliphatic heterocycles. The lowest BCUT2D eigenvalue weighted by Crippen LogP contribution is -2.47. The van der Waals surface area contributed by atoms with Crippen LogP contribution in [0.2, 0.25) is 0 Å². The van der Waals surface area contributed by atoms with Gasteiger partial charge in [-0.1, -0.05) is 31.0 Å². The molecule has 1 fully saturated rings. The predicted octanol–water partition coefficient (Wildman–Crippen LogP) is 3.05. The molecule has 1 aromatic carbocycles. The lowest BCUT2D eigenvalue weighted by atomic mass is 9.92. The van der Waals surface area contributed by atoms with Crippen molar-refractivity contribution in [1.82, 2.24) is 5.32 Å². The van der Waals surface area contributed by atoms with Crippen LogP contribution in [0.15, 0.2) is 24.3 Å². The van der Waals surface area contributed by atoms with E-state index in [4.69, 9.17) is 4.74 Å². The second kappa shape index (κ2) is 6.08. The number of nitrogens with zero attached hydrogens (tertiary/aromatic N) is 1. The Kier molecular flexibility index (Phi) is 4.44. The molecule has 0 radical (unpaired) electrons. The second-order valence-electron chi connectivity index (χ2n) is 5.56. The number of nitriles is 1. The Hall–Kier alpha value is -1.53. The van der Waals surface area contributed by atoms with Crippen LogP contribution in [-0.2, 0) is 6.42 Å². The van der Waals surface area contributed by atoms with E-state index in [1.165, 1.54) is 25.7 Å². The summed E-state index contributed by atoms with van der Waals surface area (Å²) in [6.45, 7) is 1.98. The van der Waals surface area contributed by atoms with Crippen LogP contribution in [0.25, 0.3) is 0 Å². The van der Waals surface area contributed by atoms with Gasteiger partial charge in [0, 0.05) is 12.5 Å². The summed E-state index contributed by atoms with van der Waals surface area (Å²) in [5.74, 6) is 0.859. The largest absolute Gasteiger partial charge is 0.496 e. The molecular weight excluding hydrogens is 236 g/mol. The van der Waals surface area contributed by atoms with Crippen molar-refractivity contribution in [2.45, 2.75) is 50.6 Å². The number of hydrogen-bond acceptors (Lipinski definition) is 3. The Morgan fingerprint density at radius 3 is 2.68 bits per heavy atom. The molecule has 1 aliphatic carbocycles. The third-order valence-electron chi connectivity index (χ3n) is 3.86. The standard InChI is InChI=1S/C16H22N2O/c1-16(12-17,18-14-8-4-5-9-14)11-13-7-3-6-10-15(13)19-2/h3,6-7,10,14,18H,4-5,8-9,11H2,1-2H3. The average molecular weight is 258 g/mol. The van der Waals surface area contributed by atoms with E-state index in [-0.39, 0.29) is 0 Å². The summed E-state index contributed by atoms with van der Waals surface area (Å²) >= 11 is 0. The molecule has 1 unspecified atom stereocenters. The van der Waals surface area contributed by atoms with Crippen molar-refractivity contribution < 1.29 is 4.74 Å². The van der Waals surface area contributed by atoms with Gasteiger partial charge < -0.3 is 4.74 Å². The van der Waals surface area contributed by atoms with Gasteiger partial charge in [-0.2, -0.15) is 5.26 Å². The zero-order valence-electron chi connectivity index (χ0n) is 11.8. The lowest BCUT2D eigenvalue weighted by molar-refractivity contribution is 0.365. The van der Waals surface area contributed by atoms with Gasteiger partial charge in [0.25, 0.3) is 0 Å². The van der Waals surface area contributed by atoms with Crippen molar-refractivity contribution in [2.24, 2.45) is 0 Å². The summed E-state index contributed by atoms with van der Waals surface area (Å²) in [6.07, 6.45) is 5.58. The van der Waals surface area contributed by atoms with Gasteiger partial charge in [-0.25, -0.2) is 0 Å². The van der Waals surface area contributed by atoms with E-state index in [0.29, 0.717) is 12.5 Å². The first-order valence-electron chi connectivity index (χ1n) is 6.98. The van der Waals surface area contributed by atoms with Crippen molar-refractivity contribution in [3.8, 4) is 11.8 Å². The number of ether oxygens (including phenoxy) is 1. The molecule has 19 heavy (non-hydrogen) atoms. The maximum Gasteiger partial charge on any atom is 0.122 e. The summed E-state index contributed by atoms with van der Waals surface area (Å²) in [7, 11) is 1.67. The van der Waals surface area contributed by atoms with Crippen LogP contribution in [0.5, 0.6) is 5.75 Å². The predicted molar refractivity (Wildman–Crippen MR) is 76.1 cm³/mol. The van der Waals surface area contributed by atoms with Gasteiger partial charge in [-0.3, -0.25) is 5.32 Å². The number of para-hydroxylation sites is 1. The highest BCUT2D eigenvalue weighted by atomic mass is 16.5. The fourth-order valence-electron chi connectivity index (χ4n) is 2.87. The lowest BCUT2D eigenvalue weighted by Gasteiger charge is -2.28. The van der Waals surface area contributed by atoms with Crippen molar-refractivity contribution in [3.05, 3.63) is 29.8 Å².